The molecular formula is C23H32N2O6. The van der Waals surface area contributed by atoms with E-state index in [4.69, 9.17) is 14.2 Å². The van der Waals surface area contributed by atoms with Crippen molar-refractivity contribution in [2.45, 2.75) is 57.9 Å². The van der Waals surface area contributed by atoms with Crippen LogP contribution in [0.1, 0.15) is 39.2 Å². The van der Waals surface area contributed by atoms with Crippen molar-refractivity contribution in [3.63, 3.8) is 0 Å². The molecule has 8 nitrogen and oxygen atoms in total. The van der Waals surface area contributed by atoms with Gasteiger partial charge in [0.15, 0.2) is 0 Å². The summed E-state index contributed by atoms with van der Waals surface area (Å²) in [5, 5.41) is 2.59. The van der Waals surface area contributed by atoms with Crippen LogP contribution in [-0.4, -0.2) is 60.3 Å². The SMILES string of the molecule is C=CCOC(=O)[C@@H]1CCCN1C(=O)[C@H](COCc1ccccc1)NC(=O)OC(C)(C)C. The summed E-state index contributed by atoms with van der Waals surface area (Å²) in [4.78, 5) is 39.3. The highest BCUT2D eigenvalue weighted by atomic mass is 16.6. The maximum atomic E-state index is 13.2. The van der Waals surface area contributed by atoms with Crippen LogP contribution in [0.4, 0.5) is 4.79 Å². The molecule has 1 aromatic carbocycles. The van der Waals surface area contributed by atoms with Gasteiger partial charge in [-0.1, -0.05) is 43.0 Å². The number of nitrogens with one attached hydrogen (secondary N) is 1. The molecule has 8 heteroatoms. The summed E-state index contributed by atoms with van der Waals surface area (Å²) in [5.41, 5.74) is 0.228. The Kier molecular flexibility index (Phi) is 9.05. The second-order valence-corrected chi connectivity index (χ2v) is 8.31. The lowest BCUT2D eigenvalue weighted by Crippen LogP contribution is -2.54. The number of nitrogens with zero attached hydrogens (tertiary/aromatic N) is 1. The van der Waals surface area contributed by atoms with E-state index in [-0.39, 0.29) is 19.8 Å². The van der Waals surface area contributed by atoms with E-state index in [1.54, 1.807) is 20.8 Å². The van der Waals surface area contributed by atoms with Crippen molar-refractivity contribution in [2.75, 3.05) is 19.8 Å². The molecule has 1 N–H and O–H groups in total. The number of benzene rings is 1. The van der Waals surface area contributed by atoms with Gasteiger partial charge in [-0.15, -0.1) is 0 Å². The predicted molar refractivity (Wildman–Crippen MR) is 115 cm³/mol. The zero-order valence-electron chi connectivity index (χ0n) is 18.5. The minimum absolute atomic E-state index is 0.0576. The monoisotopic (exact) mass is 432 g/mol. The van der Waals surface area contributed by atoms with E-state index >= 15 is 0 Å². The van der Waals surface area contributed by atoms with Crippen molar-refractivity contribution in [3.8, 4) is 0 Å². The van der Waals surface area contributed by atoms with E-state index in [0.29, 0.717) is 19.4 Å². The molecule has 0 aliphatic carbocycles. The number of hydrogen-bond acceptors (Lipinski definition) is 6. The molecule has 1 saturated heterocycles. The summed E-state index contributed by atoms with van der Waals surface area (Å²) >= 11 is 0. The van der Waals surface area contributed by atoms with E-state index in [2.05, 4.69) is 11.9 Å². The fourth-order valence-electron chi connectivity index (χ4n) is 3.21. The fraction of sp³-hybridized carbons (Fsp3) is 0.522. The first-order valence-corrected chi connectivity index (χ1v) is 10.4. The van der Waals surface area contributed by atoms with Crippen LogP contribution in [0.2, 0.25) is 0 Å². The van der Waals surface area contributed by atoms with Gasteiger partial charge in [-0.3, -0.25) is 4.79 Å². The highest BCUT2D eigenvalue weighted by Gasteiger charge is 2.39. The number of carbonyl (C=O) groups is 3. The van der Waals surface area contributed by atoms with Gasteiger partial charge < -0.3 is 24.4 Å². The second kappa shape index (κ2) is 11.5. The van der Waals surface area contributed by atoms with Crippen molar-refractivity contribution in [3.05, 3.63) is 48.6 Å². The van der Waals surface area contributed by atoms with Crippen LogP contribution in [0.25, 0.3) is 0 Å². The van der Waals surface area contributed by atoms with Gasteiger partial charge in [0, 0.05) is 6.54 Å². The topological polar surface area (TPSA) is 94.2 Å². The Labute approximate surface area is 183 Å². The van der Waals surface area contributed by atoms with Gasteiger partial charge in [-0.25, -0.2) is 9.59 Å². The first kappa shape index (κ1) is 24.4. The molecule has 0 unspecified atom stereocenters. The second-order valence-electron chi connectivity index (χ2n) is 8.31. The lowest BCUT2D eigenvalue weighted by Gasteiger charge is -2.29. The Hall–Kier alpha value is -2.87. The molecule has 0 aromatic heterocycles. The third-order valence-corrected chi connectivity index (χ3v) is 4.54. The van der Waals surface area contributed by atoms with Crippen molar-refractivity contribution in [1.82, 2.24) is 10.2 Å². The molecule has 2 amide bonds. The Morgan fingerprint density at radius 2 is 1.97 bits per heavy atom. The Morgan fingerprint density at radius 1 is 1.26 bits per heavy atom. The fourth-order valence-corrected chi connectivity index (χ4v) is 3.21. The van der Waals surface area contributed by atoms with Crippen molar-refractivity contribution in [1.29, 1.82) is 0 Å². The number of amides is 2. The average Bonchev–Trinajstić information content (AvgIpc) is 3.20. The number of ether oxygens (including phenoxy) is 3. The van der Waals surface area contributed by atoms with Crippen LogP contribution in [-0.2, 0) is 30.4 Å². The summed E-state index contributed by atoms with van der Waals surface area (Å²) in [7, 11) is 0. The van der Waals surface area contributed by atoms with Crippen molar-refractivity contribution in [2.24, 2.45) is 0 Å². The van der Waals surface area contributed by atoms with Gasteiger partial charge in [0.2, 0.25) is 5.91 Å². The molecule has 1 heterocycles. The third kappa shape index (κ3) is 8.05. The molecule has 0 spiro atoms. The molecule has 1 fully saturated rings. The Bertz CT molecular complexity index is 759. The Morgan fingerprint density at radius 3 is 2.61 bits per heavy atom. The van der Waals surface area contributed by atoms with Crippen LogP contribution in [0.5, 0.6) is 0 Å². The number of alkyl carbamates (subject to hydrolysis) is 1. The third-order valence-electron chi connectivity index (χ3n) is 4.54. The summed E-state index contributed by atoms with van der Waals surface area (Å²) in [5.74, 6) is -0.885. The first-order valence-electron chi connectivity index (χ1n) is 10.4. The van der Waals surface area contributed by atoms with E-state index in [0.717, 1.165) is 5.56 Å². The maximum absolute atomic E-state index is 13.2. The van der Waals surface area contributed by atoms with Crippen LogP contribution in [0.3, 0.4) is 0 Å². The lowest BCUT2D eigenvalue weighted by molar-refractivity contribution is -0.153. The first-order chi connectivity index (χ1) is 14.7. The van der Waals surface area contributed by atoms with Gasteiger partial charge in [-0.05, 0) is 39.2 Å². The number of esters is 1. The summed E-state index contributed by atoms with van der Waals surface area (Å²) in [6.07, 6.45) is 1.93. The molecule has 31 heavy (non-hydrogen) atoms. The van der Waals surface area contributed by atoms with Crippen molar-refractivity contribution >= 4 is 18.0 Å². The van der Waals surface area contributed by atoms with Crippen LogP contribution >= 0.6 is 0 Å². The van der Waals surface area contributed by atoms with Crippen LogP contribution in [0.15, 0.2) is 43.0 Å². The largest absolute Gasteiger partial charge is 0.460 e. The molecule has 0 saturated carbocycles. The molecular weight excluding hydrogens is 400 g/mol. The zero-order chi connectivity index (χ0) is 22.9. The quantitative estimate of drug-likeness (QED) is 0.476. The van der Waals surface area contributed by atoms with Gasteiger partial charge in [0.1, 0.15) is 24.3 Å². The number of carbonyl (C=O) groups excluding carboxylic acids is 3. The highest BCUT2D eigenvalue weighted by molar-refractivity contribution is 5.90. The summed E-state index contributed by atoms with van der Waals surface area (Å²) < 4.78 is 16.1. The molecule has 2 rings (SSSR count). The number of hydrogen-bond donors (Lipinski definition) is 1. The molecule has 0 radical (unpaired) electrons. The maximum Gasteiger partial charge on any atom is 0.408 e. The average molecular weight is 433 g/mol. The van der Waals surface area contributed by atoms with Gasteiger partial charge in [0.05, 0.1) is 13.2 Å². The summed E-state index contributed by atoms with van der Waals surface area (Å²) in [6.45, 7) is 9.45. The van der Waals surface area contributed by atoms with Crippen LogP contribution in [0, 0.1) is 0 Å². The standard InChI is InChI=1S/C23H32N2O6/c1-5-14-30-21(27)19-12-9-13-25(19)20(26)18(24-22(28)31-23(2,3)4)16-29-15-17-10-7-6-8-11-17/h5-8,10-11,18-19H,1,9,12-16H2,2-4H3,(H,24,28)/t18-,19-/m0/s1. The number of likely N-dealkylation sites (tertiary alicyclic amines) is 1. The van der Waals surface area contributed by atoms with Gasteiger partial charge in [0.25, 0.3) is 0 Å². The molecule has 1 aliphatic rings. The zero-order valence-corrected chi connectivity index (χ0v) is 18.5. The molecule has 2 atom stereocenters. The van der Waals surface area contributed by atoms with E-state index in [1.807, 2.05) is 30.3 Å². The molecule has 0 bridgehead atoms. The van der Waals surface area contributed by atoms with E-state index in [1.165, 1.54) is 11.0 Å². The Balaban J connectivity index is 2.07. The highest BCUT2D eigenvalue weighted by Crippen LogP contribution is 2.20. The minimum atomic E-state index is -0.994. The van der Waals surface area contributed by atoms with Crippen molar-refractivity contribution < 1.29 is 28.6 Å². The lowest BCUT2D eigenvalue weighted by atomic mass is 10.2. The normalized spacial score (nSPS) is 17.0. The molecule has 170 valence electrons. The minimum Gasteiger partial charge on any atom is -0.460 e. The molecule has 1 aliphatic heterocycles. The van der Waals surface area contributed by atoms with Gasteiger partial charge >= 0.3 is 12.1 Å². The summed E-state index contributed by atoms with van der Waals surface area (Å²) in [6, 6.07) is 7.82. The predicted octanol–water partition coefficient (Wildman–Crippen LogP) is 2.82. The van der Waals surface area contributed by atoms with Gasteiger partial charge in [-0.2, -0.15) is 0 Å². The van der Waals surface area contributed by atoms with E-state index < -0.39 is 35.7 Å². The van der Waals surface area contributed by atoms with E-state index in [9.17, 15) is 14.4 Å². The number of rotatable bonds is 9. The smallest absolute Gasteiger partial charge is 0.408 e. The molecule has 1 aromatic rings. The van der Waals surface area contributed by atoms with Crippen LogP contribution < -0.4 is 5.32 Å².